The minimum absolute atomic E-state index is 0.0768. The molecule has 5 nitrogen and oxygen atoms in total. The minimum Gasteiger partial charge on any atom is -0.445 e. The first-order valence-corrected chi connectivity index (χ1v) is 7.68. The normalized spacial score (nSPS) is 15.1. The monoisotopic (exact) mass is 340 g/mol. The van der Waals surface area contributed by atoms with E-state index in [4.69, 9.17) is 16.3 Å². The standard InChI is InChI=1S/C16H18ClFN2O3/c1-2-10-23-16(22)20-8-6-11(7-9-20)19-15(21)14-12(17)4-3-5-13(14)18/h2-5,11H,1,6-10H2,(H,19,21). The molecule has 124 valence electrons. The smallest absolute Gasteiger partial charge is 0.410 e. The zero-order chi connectivity index (χ0) is 16.8. The van der Waals surface area contributed by atoms with Crippen molar-refractivity contribution in [3.63, 3.8) is 0 Å². The molecule has 0 aromatic heterocycles. The quantitative estimate of drug-likeness (QED) is 0.857. The number of nitrogens with zero attached hydrogens (tertiary/aromatic N) is 1. The van der Waals surface area contributed by atoms with Crippen LogP contribution in [0.4, 0.5) is 9.18 Å². The van der Waals surface area contributed by atoms with Gasteiger partial charge in [0, 0.05) is 19.1 Å². The Hall–Kier alpha value is -2.08. The molecule has 23 heavy (non-hydrogen) atoms. The molecule has 0 spiro atoms. The summed E-state index contributed by atoms with van der Waals surface area (Å²) in [4.78, 5) is 25.4. The Kier molecular flexibility index (Phi) is 5.98. The van der Waals surface area contributed by atoms with Crippen LogP contribution < -0.4 is 5.32 Å². The summed E-state index contributed by atoms with van der Waals surface area (Å²) >= 11 is 5.88. The zero-order valence-electron chi connectivity index (χ0n) is 12.6. The summed E-state index contributed by atoms with van der Waals surface area (Å²) in [5.74, 6) is -1.19. The number of benzene rings is 1. The molecule has 1 aromatic carbocycles. The third-order valence-electron chi connectivity index (χ3n) is 3.60. The van der Waals surface area contributed by atoms with Gasteiger partial charge >= 0.3 is 6.09 Å². The average molecular weight is 341 g/mol. The molecule has 1 aliphatic rings. The van der Waals surface area contributed by atoms with Crippen LogP contribution in [0.3, 0.4) is 0 Å². The Morgan fingerprint density at radius 1 is 1.43 bits per heavy atom. The number of carbonyl (C=O) groups is 2. The van der Waals surface area contributed by atoms with Crippen molar-refractivity contribution in [2.75, 3.05) is 19.7 Å². The van der Waals surface area contributed by atoms with Crippen LogP contribution >= 0.6 is 11.6 Å². The SMILES string of the molecule is C=CCOC(=O)N1CCC(NC(=O)c2c(F)cccc2Cl)CC1. The molecule has 0 atom stereocenters. The van der Waals surface area contributed by atoms with E-state index in [1.165, 1.54) is 24.3 Å². The van der Waals surface area contributed by atoms with Crippen molar-refractivity contribution in [2.45, 2.75) is 18.9 Å². The molecule has 1 fully saturated rings. The van der Waals surface area contributed by atoms with E-state index < -0.39 is 17.8 Å². The summed E-state index contributed by atoms with van der Waals surface area (Å²) in [5, 5.41) is 2.84. The van der Waals surface area contributed by atoms with Gasteiger partial charge in [0.15, 0.2) is 0 Å². The second kappa shape index (κ2) is 7.97. The van der Waals surface area contributed by atoms with Crippen molar-refractivity contribution < 1.29 is 18.7 Å². The van der Waals surface area contributed by atoms with Gasteiger partial charge in [0.1, 0.15) is 12.4 Å². The van der Waals surface area contributed by atoms with Crippen LogP contribution in [0.15, 0.2) is 30.9 Å². The summed E-state index contributed by atoms with van der Waals surface area (Å²) in [6, 6.07) is 3.97. The highest BCUT2D eigenvalue weighted by Crippen LogP contribution is 2.20. The highest BCUT2D eigenvalue weighted by atomic mass is 35.5. The molecule has 1 N–H and O–H groups in total. The summed E-state index contributed by atoms with van der Waals surface area (Å²) in [6.07, 6.45) is 2.25. The maximum Gasteiger partial charge on any atom is 0.410 e. The van der Waals surface area contributed by atoms with Crippen LogP contribution in [0.1, 0.15) is 23.2 Å². The van der Waals surface area contributed by atoms with Gasteiger partial charge in [-0.3, -0.25) is 4.79 Å². The molecule has 1 aliphatic heterocycles. The third-order valence-corrected chi connectivity index (χ3v) is 3.92. The Morgan fingerprint density at radius 2 is 2.13 bits per heavy atom. The number of hydrogen-bond donors (Lipinski definition) is 1. The number of ether oxygens (including phenoxy) is 1. The van der Waals surface area contributed by atoms with Gasteiger partial charge < -0.3 is 15.0 Å². The largest absolute Gasteiger partial charge is 0.445 e. The molecule has 1 aromatic rings. The Bertz CT molecular complexity index is 581. The summed E-state index contributed by atoms with van der Waals surface area (Å²) < 4.78 is 18.7. The van der Waals surface area contributed by atoms with E-state index in [-0.39, 0.29) is 23.2 Å². The molecule has 1 heterocycles. The van der Waals surface area contributed by atoms with Gasteiger partial charge in [-0.05, 0) is 25.0 Å². The Balaban J connectivity index is 1.88. The van der Waals surface area contributed by atoms with Gasteiger partial charge in [-0.25, -0.2) is 9.18 Å². The number of halogens is 2. The minimum atomic E-state index is -0.652. The molecule has 0 radical (unpaired) electrons. The molecule has 0 unspecified atom stereocenters. The van der Waals surface area contributed by atoms with Crippen molar-refractivity contribution >= 4 is 23.6 Å². The lowest BCUT2D eigenvalue weighted by Crippen LogP contribution is -2.46. The number of hydrogen-bond acceptors (Lipinski definition) is 3. The second-order valence-electron chi connectivity index (χ2n) is 5.20. The molecule has 0 saturated carbocycles. The van der Waals surface area contributed by atoms with E-state index in [2.05, 4.69) is 11.9 Å². The number of piperidine rings is 1. The number of amides is 2. The summed E-state index contributed by atoms with van der Waals surface area (Å²) in [5.41, 5.74) is -0.151. The topological polar surface area (TPSA) is 58.6 Å². The number of nitrogens with one attached hydrogen (secondary N) is 1. The van der Waals surface area contributed by atoms with Crippen LogP contribution in [-0.4, -0.2) is 42.6 Å². The van der Waals surface area contributed by atoms with E-state index in [9.17, 15) is 14.0 Å². The average Bonchev–Trinajstić information content (AvgIpc) is 2.53. The van der Waals surface area contributed by atoms with Crippen LogP contribution in [0.25, 0.3) is 0 Å². The van der Waals surface area contributed by atoms with Crippen LogP contribution in [0.5, 0.6) is 0 Å². The lowest BCUT2D eigenvalue weighted by molar-refractivity contribution is 0.0871. The Labute approximate surface area is 139 Å². The fraction of sp³-hybridized carbons (Fsp3) is 0.375. The van der Waals surface area contributed by atoms with Crippen LogP contribution in [0, 0.1) is 5.82 Å². The first kappa shape index (κ1) is 17.3. The van der Waals surface area contributed by atoms with Gasteiger partial charge in [-0.2, -0.15) is 0 Å². The maximum absolute atomic E-state index is 13.7. The lowest BCUT2D eigenvalue weighted by atomic mass is 10.0. The summed E-state index contributed by atoms with van der Waals surface area (Å²) in [6.45, 7) is 4.58. The summed E-state index contributed by atoms with van der Waals surface area (Å²) in [7, 11) is 0. The number of carbonyl (C=O) groups excluding carboxylic acids is 2. The molecule has 2 rings (SSSR count). The molecule has 7 heteroatoms. The van der Waals surface area contributed by atoms with Crippen molar-refractivity contribution in [1.29, 1.82) is 0 Å². The molecular formula is C16H18ClFN2O3. The van der Waals surface area contributed by atoms with Crippen molar-refractivity contribution in [3.05, 3.63) is 47.3 Å². The highest BCUT2D eigenvalue weighted by Gasteiger charge is 2.26. The molecule has 2 amide bonds. The predicted octanol–water partition coefficient (Wildman–Crippen LogP) is 3.00. The van der Waals surface area contributed by atoms with Crippen LogP contribution in [0.2, 0.25) is 5.02 Å². The lowest BCUT2D eigenvalue weighted by Gasteiger charge is -2.31. The van der Waals surface area contributed by atoms with Crippen molar-refractivity contribution in [3.8, 4) is 0 Å². The number of likely N-dealkylation sites (tertiary alicyclic amines) is 1. The zero-order valence-corrected chi connectivity index (χ0v) is 13.3. The highest BCUT2D eigenvalue weighted by molar-refractivity contribution is 6.33. The third kappa shape index (κ3) is 4.45. The fourth-order valence-electron chi connectivity index (χ4n) is 2.40. The second-order valence-corrected chi connectivity index (χ2v) is 5.60. The maximum atomic E-state index is 13.7. The number of rotatable bonds is 4. The Morgan fingerprint density at radius 3 is 2.74 bits per heavy atom. The van der Waals surface area contributed by atoms with E-state index in [0.29, 0.717) is 25.9 Å². The van der Waals surface area contributed by atoms with Gasteiger partial charge in [0.2, 0.25) is 0 Å². The van der Waals surface area contributed by atoms with Crippen molar-refractivity contribution in [2.24, 2.45) is 0 Å². The van der Waals surface area contributed by atoms with E-state index in [1.807, 2.05) is 0 Å². The molecular weight excluding hydrogens is 323 g/mol. The van der Waals surface area contributed by atoms with Gasteiger partial charge in [-0.15, -0.1) is 0 Å². The van der Waals surface area contributed by atoms with E-state index >= 15 is 0 Å². The first-order valence-electron chi connectivity index (χ1n) is 7.30. The van der Waals surface area contributed by atoms with Gasteiger partial charge in [-0.1, -0.05) is 30.3 Å². The molecule has 0 aliphatic carbocycles. The van der Waals surface area contributed by atoms with Gasteiger partial charge in [0.05, 0.1) is 10.6 Å². The van der Waals surface area contributed by atoms with E-state index in [0.717, 1.165) is 0 Å². The predicted molar refractivity (Wildman–Crippen MR) is 85.0 cm³/mol. The molecule has 0 bridgehead atoms. The van der Waals surface area contributed by atoms with E-state index in [1.54, 1.807) is 4.90 Å². The van der Waals surface area contributed by atoms with Crippen LogP contribution in [-0.2, 0) is 4.74 Å². The fourth-order valence-corrected chi connectivity index (χ4v) is 2.65. The van der Waals surface area contributed by atoms with Crippen molar-refractivity contribution in [1.82, 2.24) is 10.2 Å². The van der Waals surface area contributed by atoms with Gasteiger partial charge in [0.25, 0.3) is 5.91 Å². The first-order chi connectivity index (χ1) is 11.0. The molecule has 1 saturated heterocycles.